The summed E-state index contributed by atoms with van der Waals surface area (Å²) in [5, 5.41) is 11.3. The van der Waals surface area contributed by atoms with Crippen LogP contribution in [0.25, 0.3) is 0 Å². The molecule has 1 aromatic carbocycles. The lowest BCUT2D eigenvalue weighted by atomic mass is 9.98. The maximum atomic E-state index is 12.8. The van der Waals surface area contributed by atoms with Gasteiger partial charge in [0.2, 0.25) is 10.0 Å². The summed E-state index contributed by atoms with van der Waals surface area (Å²) in [5.41, 5.74) is 5.56. The van der Waals surface area contributed by atoms with Crippen LogP contribution in [-0.4, -0.2) is 36.8 Å². The van der Waals surface area contributed by atoms with Crippen molar-refractivity contribution in [1.29, 1.82) is 0 Å². The molecule has 2 N–H and O–H groups in total. The third-order valence-electron chi connectivity index (χ3n) is 4.62. The first-order valence-corrected chi connectivity index (χ1v) is 8.82. The van der Waals surface area contributed by atoms with Crippen molar-refractivity contribution in [2.75, 3.05) is 13.1 Å². The SMILES string of the molecule is NC1CCC2CN(S(=O)(=O)c3cc(Cl)ccc3[N+](=O)[O-])CC12. The fourth-order valence-corrected chi connectivity index (χ4v) is 5.40. The summed E-state index contributed by atoms with van der Waals surface area (Å²) in [7, 11) is -3.95. The second-order valence-corrected chi connectivity index (χ2v) is 8.20. The molecule has 0 bridgehead atoms. The van der Waals surface area contributed by atoms with E-state index in [-0.39, 0.29) is 27.8 Å². The van der Waals surface area contributed by atoms with Crippen LogP contribution in [0.1, 0.15) is 12.8 Å². The molecule has 2 fully saturated rings. The Kier molecular flexibility index (Phi) is 3.88. The molecule has 9 heteroatoms. The summed E-state index contributed by atoms with van der Waals surface area (Å²) >= 11 is 5.83. The van der Waals surface area contributed by atoms with Crippen LogP contribution in [0, 0.1) is 22.0 Å². The molecule has 0 aromatic heterocycles. The number of hydrogen-bond donors (Lipinski definition) is 1. The Morgan fingerprint density at radius 1 is 1.32 bits per heavy atom. The predicted octanol–water partition coefficient (Wildman–Crippen LogP) is 1.61. The van der Waals surface area contributed by atoms with Gasteiger partial charge in [-0.2, -0.15) is 4.31 Å². The van der Waals surface area contributed by atoms with Crippen molar-refractivity contribution in [3.05, 3.63) is 33.3 Å². The Labute approximate surface area is 133 Å². The van der Waals surface area contributed by atoms with Gasteiger partial charge in [-0.25, -0.2) is 8.42 Å². The number of hydrogen-bond acceptors (Lipinski definition) is 5. The minimum atomic E-state index is -3.95. The molecule has 3 atom stereocenters. The molecule has 120 valence electrons. The number of rotatable bonds is 3. The third-order valence-corrected chi connectivity index (χ3v) is 6.71. The number of sulfonamides is 1. The van der Waals surface area contributed by atoms with Crippen LogP contribution in [-0.2, 0) is 10.0 Å². The summed E-state index contributed by atoms with van der Waals surface area (Å²) in [5.74, 6) is 0.371. The summed E-state index contributed by atoms with van der Waals surface area (Å²) in [6.45, 7) is 0.683. The highest BCUT2D eigenvalue weighted by molar-refractivity contribution is 7.89. The van der Waals surface area contributed by atoms with Gasteiger partial charge in [-0.1, -0.05) is 11.6 Å². The van der Waals surface area contributed by atoms with Crippen molar-refractivity contribution in [1.82, 2.24) is 4.31 Å². The van der Waals surface area contributed by atoms with E-state index in [2.05, 4.69) is 0 Å². The molecule has 0 amide bonds. The number of nitro benzene ring substituents is 1. The first kappa shape index (κ1) is 15.7. The van der Waals surface area contributed by atoms with Crippen LogP contribution in [0.15, 0.2) is 23.1 Å². The van der Waals surface area contributed by atoms with Crippen molar-refractivity contribution >= 4 is 27.3 Å². The first-order valence-electron chi connectivity index (χ1n) is 7.00. The zero-order chi connectivity index (χ0) is 16.1. The highest BCUT2D eigenvalue weighted by Gasteiger charge is 2.46. The molecular weight excluding hydrogens is 330 g/mol. The number of nitrogens with zero attached hydrogens (tertiary/aromatic N) is 2. The quantitative estimate of drug-likeness (QED) is 0.661. The smallest absolute Gasteiger partial charge is 0.289 e. The normalized spacial score (nSPS) is 28.7. The maximum absolute atomic E-state index is 12.8. The van der Waals surface area contributed by atoms with Gasteiger partial charge in [-0.3, -0.25) is 10.1 Å². The van der Waals surface area contributed by atoms with E-state index >= 15 is 0 Å². The fraction of sp³-hybridized carbons (Fsp3) is 0.538. The highest BCUT2D eigenvalue weighted by Crippen LogP contribution is 2.40. The van der Waals surface area contributed by atoms with E-state index in [9.17, 15) is 18.5 Å². The van der Waals surface area contributed by atoms with E-state index in [0.717, 1.165) is 25.0 Å². The second-order valence-electron chi connectivity index (χ2n) is 5.86. The van der Waals surface area contributed by atoms with Gasteiger partial charge < -0.3 is 5.73 Å². The second kappa shape index (κ2) is 5.45. The van der Waals surface area contributed by atoms with Crippen molar-refractivity contribution in [3.63, 3.8) is 0 Å². The number of fused-ring (bicyclic) bond motifs is 1. The zero-order valence-electron chi connectivity index (χ0n) is 11.7. The van der Waals surface area contributed by atoms with Crippen molar-refractivity contribution in [2.45, 2.75) is 23.8 Å². The first-order chi connectivity index (χ1) is 10.3. The summed E-state index contributed by atoms with van der Waals surface area (Å²) in [6.07, 6.45) is 1.80. The molecular formula is C13H16ClN3O4S. The van der Waals surface area contributed by atoms with Crippen molar-refractivity contribution in [2.24, 2.45) is 17.6 Å². The molecule has 7 nitrogen and oxygen atoms in total. The molecule has 1 aliphatic carbocycles. The lowest BCUT2D eigenvalue weighted by Gasteiger charge is -2.18. The van der Waals surface area contributed by atoms with Crippen LogP contribution in [0.4, 0.5) is 5.69 Å². The van der Waals surface area contributed by atoms with Crippen LogP contribution in [0.3, 0.4) is 0 Å². The molecule has 3 unspecified atom stereocenters. The molecule has 0 radical (unpaired) electrons. The number of benzene rings is 1. The van der Waals surface area contributed by atoms with Gasteiger partial charge in [0.15, 0.2) is 4.90 Å². The van der Waals surface area contributed by atoms with Gasteiger partial charge >= 0.3 is 0 Å². The van der Waals surface area contributed by atoms with E-state index < -0.39 is 20.6 Å². The van der Waals surface area contributed by atoms with E-state index in [0.29, 0.717) is 13.1 Å². The Hall–Kier alpha value is -1.22. The van der Waals surface area contributed by atoms with Gasteiger partial charge in [0, 0.05) is 30.2 Å². The van der Waals surface area contributed by atoms with E-state index in [1.54, 1.807) is 0 Å². The topological polar surface area (TPSA) is 107 Å². The van der Waals surface area contributed by atoms with Crippen LogP contribution >= 0.6 is 11.6 Å². The third kappa shape index (κ3) is 2.50. The predicted molar refractivity (Wildman–Crippen MR) is 81.1 cm³/mol. The van der Waals surface area contributed by atoms with Crippen molar-refractivity contribution in [3.8, 4) is 0 Å². The average molecular weight is 346 g/mol. The van der Waals surface area contributed by atoms with E-state index in [1.165, 1.54) is 10.4 Å². The van der Waals surface area contributed by atoms with Gasteiger partial charge in [0.05, 0.1) is 4.92 Å². The largest absolute Gasteiger partial charge is 0.327 e. The molecule has 1 heterocycles. The maximum Gasteiger partial charge on any atom is 0.289 e. The lowest BCUT2D eigenvalue weighted by Crippen LogP contribution is -2.33. The molecule has 1 aromatic rings. The van der Waals surface area contributed by atoms with Crippen LogP contribution in [0.2, 0.25) is 5.02 Å². The lowest BCUT2D eigenvalue weighted by molar-refractivity contribution is -0.387. The molecule has 22 heavy (non-hydrogen) atoms. The average Bonchev–Trinajstić information content (AvgIpc) is 3.01. The molecule has 2 aliphatic rings. The minimum Gasteiger partial charge on any atom is -0.327 e. The molecule has 1 saturated heterocycles. The monoisotopic (exact) mass is 345 g/mol. The molecule has 1 aliphatic heterocycles. The Morgan fingerprint density at radius 2 is 2.05 bits per heavy atom. The van der Waals surface area contributed by atoms with Crippen molar-refractivity contribution < 1.29 is 13.3 Å². The van der Waals surface area contributed by atoms with Crippen LogP contribution < -0.4 is 5.73 Å². The number of nitro groups is 1. The van der Waals surface area contributed by atoms with E-state index in [4.69, 9.17) is 17.3 Å². The summed E-state index contributed by atoms with van der Waals surface area (Å²) < 4.78 is 26.8. The van der Waals surface area contributed by atoms with E-state index in [1.807, 2.05) is 0 Å². The standard InChI is InChI=1S/C13H16ClN3O4S/c14-9-2-4-12(17(18)19)13(5-9)22(20,21)16-6-8-1-3-11(15)10(8)7-16/h2,4-5,8,10-11H,1,3,6-7,15H2. The molecule has 3 rings (SSSR count). The zero-order valence-corrected chi connectivity index (χ0v) is 13.3. The Bertz CT molecular complexity index is 724. The number of nitrogens with two attached hydrogens (primary N) is 1. The highest BCUT2D eigenvalue weighted by atomic mass is 35.5. The van der Waals surface area contributed by atoms with Gasteiger partial charge in [0.1, 0.15) is 0 Å². The van der Waals surface area contributed by atoms with Gasteiger partial charge in [-0.05, 0) is 36.8 Å². The van der Waals surface area contributed by atoms with Gasteiger partial charge in [-0.15, -0.1) is 0 Å². The van der Waals surface area contributed by atoms with Gasteiger partial charge in [0.25, 0.3) is 5.69 Å². The van der Waals surface area contributed by atoms with Crippen LogP contribution in [0.5, 0.6) is 0 Å². The fourth-order valence-electron chi connectivity index (χ4n) is 3.45. The summed E-state index contributed by atoms with van der Waals surface area (Å²) in [6, 6.07) is 3.58. The Morgan fingerprint density at radius 3 is 2.68 bits per heavy atom. The molecule has 0 spiro atoms. The summed E-state index contributed by atoms with van der Waals surface area (Å²) in [4.78, 5) is 10.1. The number of halogens is 1. The molecule has 1 saturated carbocycles. The Balaban J connectivity index is 1.98. The minimum absolute atomic E-state index is 0.000419.